The number of halogens is 4. The zero-order valence-corrected chi connectivity index (χ0v) is 20.7. The van der Waals surface area contributed by atoms with Crippen molar-refractivity contribution in [1.82, 2.24) is 4.72 Å². The van der Waals surface area contributed by atoms with Crippen LogP contribution >= 0.6 is 11.6 Å². The molecule has 0 amide bonds. The lowest BCUT2D eigenvalue weighted by Gasteiger charge is -2.23. The Bertz CT molecular complexity index is 1480. The highest BCUT2D eigenvalue weighted by Crippen LogP contribution is 2.43. The lowest BCUT2D eigenvalue weighted by Crippen LogP contribution is -2.34. The maximum absolute atomic E-state index is 13.4. The number of hydrogen-bond acceptors (Lipinski definition) is 6. The molecule has 0 saturated heterocycles. The van der Waals surface area contributed by atoms with Crippen LogP contribution in [0.1, 0.15) is 6.42 Å². The van der Waals surface area contributed by atoms with E-state index in [1.807, 2.05) is 0 Å². The van der Waals surface area contributed by atoms with E-state index in [9.17, 15) is 25.8 Å². The second-order valence-corrected chi connectivity index (χ2v) is 11.7. The normalized spacial score (nSPS) is 16.2. The fourth-order valence-corrected chi connectivity index (χ4v) is 6.39. The van der Waals surface area contributed by atoms with Gasteiger partial charge in [0.15, 0.2) is 5.75 Å². The van der Waals surface area contributed by atoms with Crippen molar-refractivity contribution in [2.24, 2.45) is 0 Å². The molecule has 0 radical (unpaired) electrons. The monoisotopic (exact) mass is 561 g/mol. The summed E-state index contributed by atoms with van der Waals surface area (Å²) in [4.78, 5) is -0.0883. The fraction of sp³-hybridized carbons (Fsp3) is 0.182. The Morgan fingerprint density at radius 3 is 2.44 bits per heavy atom. The molecule has 1 aliphatic heterocycles. The van der Waals surface area contributed by atoms with Gasteiger partial charge in [0.05, 0.1) is 10.6 Å². The van der Waals surface area contributed by atoms with Gasteiger partial charge in [0, 0.05) is 18.1 Å². The van der Waals surface area contributed by atoms with E-state index in [2.05, 4.69) is 9.46 Å². The first-order chi connectivity index (χ1) is 16.9. The van der Waals surface area contributed by atoms with Crippen LogP contribution in [0.4, 0.5) is 18.9 Å². The maximum atomic E-state index is 13.4. The van der Waals surface area contributed by atoms with E-state index in [0.717, 1.165) is 28.6 Å². The molecule has 1 unspecified atom stereocenters. The Balaban J connectivity index is 1.49. The predicted molar refractivity (Wildman–Crippen MR) is 127 cm³/mol. The highest BCUT2D eigenvalue weighted by atomic mass is 35.5. The lowest BCUT2D eigenvalue weighted by molar-refractivity contribution is -0.274. The Morgan fingerprint density at radius 1 is 1.06 bits per heavy atom. The van der Waals surface area contributed by atoms with Gasteiger partial charge in [-0.3, -0.25) is 4.31 Å². The van der Waals surface area contributed by atoms with Crippen molar-refractivity contribution < 1.29 is 35.3 Å². The van der Waals surface area contributed by atoms with E-state index in [4.69, 9.17) is 21.1 Å². The van der Waals surface area contributed by atoms with Gasteiger partial charge in [-0.2, -0.15) is 0 Å². The molecular formula is C22H19ClF3N3O5S2. The number of ether oxygens (including phenoxy) is 2. The summed E-state index contributed by atoms with van der Waals surface area (Å²) in [6, 6.07) is 14.9. The summed E-state index contributed by atoms with van der Waals surface area (Å²) < 4.78 is 97.9. The number of para-hydroxylation sites is 1. The molecule has 0 fully saturated rings. The Labute approximate surface area is 210 Å². The third-order valence-corrected chi connectivity index (χ3v) is 8.69. The molecule has 0 aromatic heterocycles. The van der Waals surface area contributed by atoms with Gasteiger partial charge in [0.1, 0.15) is 26.3 Å². The highest BCUT2D eigenvalue weighted by molar-refractivity contribution is 7.93. The molecule has 8 nitrogen and oxygen atoms in total. The smallest absolute Gasteiger partial charge is 0.454 e. The Kier molecular flexibility index (Phi) is 7.10. The number of alkyl halides is 3. The van der Waals surface area contributed by atoms with Crippen molar-refractivity contribution in [3.63, 3.8) is 0 Å². The predicted octanol–water partition coefficient (Wildman–Crippen LogP) is 5.54. The third-order valence-electron chi connectivity index (χ3n) is 5.06. The summed E-state index contributed by atoms with van der Waals surface area (Å²) in [6.45, 7) is -0.0954. The van der Waals surface area contributed by atoms with E-state index in [0.29, 0.717) is 5.02 Å². The van der Waals surface area contributed by atoms with E-state index in [1.54, 1.807) is 24.3 Å². The van der Waals surface area contributed by atoms with Crippen molar-refractivity contribution in [1.29, 1.82) is 4.78 Å². The number of fused-ring (bicyclic) bond motifs is 2. The topological polar surface area (TPSA) is 109 Å². The molecule has 1 aliphatic rings. The third kappa shape index (κ3) is 5.69. The van der Waals surface area contributed by atoms with Crippen LogP contribution < -0.4 is 18.5 Å². The summed E-state index contributed by atoms with van der Waals surface area (Å²) in [6.07, 6.45) is -4.73. The van der Waals surface area contributed by atoms with E-state index in [-0.39, 0.29) is 46.5 Å². The molecule has 36 heavy (non-hydrogen) atoms. The van der Waals surface area contributed by atoms with Crippen LogP contribution in [-0.2, 0) is 19.9 Å². The van der Waals surface area contributed by atoms with Crippen LogP contribution in [0.25, 0.3) is 0 Å². The van der Waals surface area contributed by atoms with Gasteiger partial charge in [-0.15, -0.1) is 13.2 Å². The molecule has 3 aromatic carbocycles. The fourth-order valence-electron chi connectivity index (χ4n) is 3.48. The summed E-state index contributed by atoms with van der Waals surface area (Å²) in [7, 11) is -7.62. The van der Waals surface area contributed by atoms with Crippen LogP contribution in [0.15, 0.2) is 76.5 Å². The molecule has 0 spiro atoms. The van der Waals surface area contributed by atoms with Gasteiger partial charge in [-0.25, -0.2) is 22.1 Å². The van der Waals surface area contributed by atoms with Gasteiger partial charge in [0.2, 0.25) is 0 Å². The average Bonchev–Trinajstić information content (AvgIpc) is 2.88. The zero-order chi connectivity index (χ0) is 26.1. The summed E-state index contributed by atoms with van der Waals surface area (Å²) in [5.74, 6) is -0.0622. The summed E-state index contributed by atoms with van der Waals surface area (Å²) >= 11 is 6.11. The molecule has 192 valence electrons. The van der Waals surface area contributed by atoms with Crippen LogP contribution in [0.5, 0.6) is 17.2 Å². The Morgan fingerprint density at radius 2 is 1.75 bits per heavy atom. The molecule has 0 aliphatic carbocycles. The largest absolute Gasteiger partial charge is 0.573 e. The average molecular weight is 562 g/mol. The van der Waals surface area contributed by atoms with Crippen LogP contribution in [0, 0.1) is 4.78 Å². The van der Waals surface area contributed by atoms with Gasteiger partial charge < -0.3 is 9.47 Å². The Hall–Kier alpha value is -3.00. The quantitative estimate of drug-likeness (QED) is 0.368. The van der Waals surface area contributed by atoms with Crippen LogP contribution in [-0.4, -0.2) is 32.1 Å². The van der Waals surface area contributed by atoms with Crippen LogP contribution in [0.2, 0.25) is 5.02 Å². The summed E-state index contributed by atoms with van der Waals surface area (Å²) in [5, 5.41) is 0.300. The number of sulfonamides is 1. The number of benzene rings is 3. The first-order valence-electron chi connectivity index (χ1n) is 10.4. The minimum absolute atomic E-state index is 0.0317. The lowest BCUT2D eigenvalue weighted by atomic mass is 10.2. The number of rotatable bonds is 7. The number of nitrogens with zero attached hydrogens (tertiary/aromatic N) is 1. The number of anilines is 1. The maximum Gasteiger partial charge on any atom is 0.573 e. The molecule has 4 rings (SSSR count). The van der Waals surface area contributed by atoms with Gasteiger partial charge >= 0.3 is 6.36 Å². The molecule has 2 N–H and O–H groups in total. The minimum atomic E-state index is -4.87. The van der Waals surface area contributed by atoms with E-state index < -0.39 is 32.1 Å². The van der Waals surface area contributed by atoms with E-state index in [1.165, 1.54) is 18.2 Å². The van der Waals surface area contributed by atoms with Crippen molar-refractivity contribution in [3.05, 3.63) is 71.8 Å². The molecule has 1 atom stereocenters. The van der Waals surface area contributed by atoms with Crippen molar-refractivity contribution in [2.75, 3.05) is 17.4 Å². The second-order valence-electron chi connectivity index (χ2n) is 7.56. The highest BCUT2D eigenvalue weighted by Gasteiger charge is 2.34. The van der Waals surface area contributed by atoms with Gasteiger partial charge in [0.25, 0.3) is 10.0 Å². The minimum Gasteiger partial charge on any atom is -0.454 e. The summed E-state index contributed by atoms with van der Waals surface area (Å²) in [5.41, 5.74) is 0.227. The first-order valence-corrected chi connectivity index (χ1v) is 13.7. The number of hydrogen-bond donors (Lipinski definition) is 2. The number of nitrogens with one attached hydrogen (secondary N) is 2. The zero-order valence-electron chi connectivity index (χ0n) is 18.3. The first kappa shape index (κ1) is 26.1. The molecule has 14 heteroatoms. The standard InChI is InChI=1S/C22H19ClF3N3O5S2/c23-15-6-11-19-18(14-15)29(36(31,32)21-5-2-1-4-20(21)33-19)13-3-12-28-35(27,30)17-9-7-16(8-10-17)34-22(24,25)26/h1-2,4-11,14H,3,12-13H2,(H2,27,28,30). The van der Waals surface area contributed by atoms with Crippen LogP contribution in [0.3, 0.4) is 0 Å². The molecule has 1 heterocycles. The molecule has 0 bridgehead atoms. The van der Waals surface area contributed by atoms with Gasteiger partial charge in [-0.05, 0) is 61.0 Å². The second kappa shape index (κ2) is 9.81. The SMILES string of the molecule is N=S(=O)(NCCCN1c2cc(Cl)ccc2Oc2ccccc2S1(=O)=O)c1ccc(OC(F)(F)F)cc1. The van der Waals surface area contributed by atoms with Crippen molar-refractivity contribution >= 4 is 37.2 Å². The van der Waals surface area contributed by atoms with Gasteiger partial charge in [-0.1, -0.05) is 23.7 Å². The van der Waals surface area contributed by atoms with Crippen molar-refractivity contribution in [2.45, 2.75) is 22.6 Å². The van der Waals surface area contributed by atoms with E-state index >= 15 is 0 Å². The van der Waals surface area contributed by atoms with Crippen molar-refractivity contribution in [3.8, 4) is 17.2 Å². The molecular weight excluding hydrogens is 543 g/mol. The molecule has 0 saturated carbocycles. The molecule has 3 aromatic rings.